The molecule has 5 N–H and O–H groups in total. The lowest BCUT2D eigenvalue weighted by atomic mass is 10.1. The fourth-order valence-electron chi connectivity index (χ4n) is 1.81. The van der Waals surface area contributed by atoms with Gasteiger partial charge in [-0.1, -0.05) is 18.2 Å². The van der Waals surface area contributed by atoms with Gasteiger partial charge >= 0.3 is 0 Å². The number of aromatic hydroxyl groups is 3. The van der Waals surface area contributed by atoms with Crippen LogP contribution in [0.15, 0.2) is 42.5 Å². The van der Waals surface area contributed by atoms with Crippen molar-refractivity contribution < 1.29 is 25.2 Å². The molecule has 2 aromatic rings. The van der Waals surface area contributed by atoms with Gasteiger partial charge in [-0.25, -0.2) is 0 Å². The van der Waals surface area contributed by atoms with Crippen LogP contribution < -0.4 is 5.32 Å². The molecule has 6 nitrogen and oxygen atoms in total. The van der Waals surface area contributed by atoms with Crippen LogP contribution in [0, 0.1) is 0 Å². The van der Waals surface area contributed by atoms with Gasteiger partial charge in [0.1, 0.15) is 22.9 Å². The summed E-state index contributed by atoms with van der Waals surface area (Å²) in [4.78, 5) is 11.8. The highest BCUT2D eigenvalue weighted by Crippen LogP contribution is 2.32. The maximum absolute atomic E-state index is 11.8. The molecule has 0 aromatic heterocycles. The molecule has 0 unspecified atom stereocenters. The molecule has 2 rings (SSSR count). The van der Waals surface area contributed by atoms with E-state index in [1.165, 1.54) is 36.4 Å². The predicted octanol–water partition coefficient (Wildman–Crippen LogP) is 1.95. The largest absolute Gasteiger partial charge is 0.508 e. The molecule has 0 aliphatic rings. The highest BCUT2D eigenvalue weighted by molar-refractivity contribution is 6.03. The van der Waals surface area contributed by atoms with Gasteiger partial charge in [0.25, 0.3) is 0 Å². The summed E-state index contributed by atoms with van der Waals surface area (Å²) in [6, 6.07) is 8.71. The highest BCUT2D eigenvalue weighted by Gasteiger charge is 2.08. The van der Waals surface area contributed by atoms with E-state index < -0.39 is 5.91 Å². The summed E-state index contributed by atoms with van der Waals surface area (Å²) in [6.45, 7) is -0.275. The van der Waals surface area contributed by atoms with Gasteiger partial charge in [0.05, 0.1) is 6.61 Å². The number of phenols is 3. The molecule has 0 spiro atoms. The van der Waals surface area contributed by atoms with E-state index in [0.717, 1.165) is 0 Å². The van der Waals surface area contributed by atoms with E-state index in [4.69, 9.17) is 5.11 Å². The lowest BCUT2D eigenvalue weighted by Gasteiger charge is -2.07. The Morgan fingerprint density at radius 3 is 2.32 bits per heavy atom. The second-order valence-corrected chi connectivity index (χ2v) is 4.54. The van der Waals surface area contributed by atoms with Crippen molar-refractivity contribution in [1.29, 1.82) is 0 Å². The lowest BCUT2D eigenvalue weighted by Crippen LogP contribution is -2.08. The summed E-state index contributed by atoms with van der Waals surface area (Å²) in [7, 11) is 0. The summed E-state index contributed by atoms with van der Waals surface area (Å²) in [5.74, 6) is -1.11. The van der Waals surface area contributed by atoms with Crippen molar-refractivity contribution in [2.75, 3.05) is 5.32 Å². The molecule has 22 heavy (non-hydrogen) atoms. The average Bonchev–Trinajstić information content (AvgIpc) is 2.49. The van der Waals surface area contributed by atoms with E-state index in [-0.39, 0.29) is 29.5 Å². The first kappa shape index (κ1) is 15.4. The fraction of sp³-hybridized carbons (Fsp3) is 0.0625. The SMILES string of the molecule is O=C(C=Cc1ccc(CO)c(O)c1)Nc1c(O)cccc1O. The number of benzene rings is 2. The minimum absolute atomic E-state index is 0.0663. The average molecular weight is 301 g/mol. The fourth-order valence-corrected chi connectivity index (χ4v) is 1.81. The molecule has 0 heterocycles. The number of aliphatic hydroxyl groups is 1. The maximum atomic E-state index is 11.8. The molecule has 2 aromatic carbocycles. The second kappa shape index (κ2) is 6.64. The summed E-state index contributed by atoms with van der Waals surface area (Å²) < 4.78 is 0. The molecule has 0 saturated heterocycles. The molecule has 0 radical (unpaired) electrons. The quantitative estimate of drug-likeness (QED) is 0.438. The van der Waals surface area contributed by atoms with E-state index in [1.54, 1.807) is 12.1 Å². The van der Waals surface area contributed by atoms with Crippen LogP contribution in [0.25, 0.3) is 6.08 Å². The zero-order valence-electron chi connectivity index (χ0n) is 11.5. The van der Waals surface area contributed by atoms with E-state index in [2.05, 4.69) is 5.32 Å². The van der Waals surface area contributed by atoms with Gasteiger partial charge in [0, 0.05) is 11.6 Å². The van der Waals surface area contributed by atoms with E-state index >= 15 is 0 Å². The van der Waals surface area contributed by atoms with Crippen molar-refractivity contribution in [2.45, 2.75) is 6.61 Å². The Hall–Kier alpha value is -2.99. The summed E-state index contributed by atoms with van der Waals surface area (Å²) in [5.41, 5.74) is 0.878. The molecule has 0 saturated carbocycles. The number of hydrogen-bond donors (Lipinski definition) is 5. The number of rotatable bonds is 4. The van der Waals surface area contributed by atoms with Gasteiger partial charge in [0.2, 0.25) is 5.91 Å². The Morgan fingerprint density at radius 2 is 1.73 bits per heavy atom. The number of anilines is 1. The van der Waals surface area contributed by atoms with E-state index in [9.17, 15) is 20.1 Å². The molecule has 6 heteroatoms. The Bertz CT molecular complexity index is 704. The molecule has 0 atom stereocenters. The zero-order valence-corrected chi connectivity index (χ0v) is 11.5. The Labute approximate surface area is 126 Å². The number of phenolic OH excluding ortho intramolecular Hbond substituents is 2. The third-order valence-corrected chi connectivity index (χ3v) is 2.98. The number of nitrogens with one attached hydrogen (secondary N) is 1. The highest BCUT2D eigenvalue weighted by atomic mass is 16.3. The normalized spacial score (nSPS) is 10.8. The second-order valence-electron chi connectivity index (χ2n) is 4.54. The van der Waals surface area contributed by atoms with E-state index in [0.29, 0.717) is 11.1 Å². The molecule has 1 amide bonds. The van der Waals surface area contributed by atoms with Crippen LogP contribution in [0.2, 0.25) is 0 Å². The summed E-state index contributed by atoms with van der Waals surface area (Å²) in [5, 5.41) is 40.0. The van der Waals surface area contributed by atoms with Gasteiger partial charge in [-0.2, -0.15) is 0 Å². The standard InChI is InChI=1S/C16H15NO5/c18-9-11-6-4-10(8-14(11)21)5-7-15(22)17-16-12(19)2-1-3-13(16)20/h1-8,18-21H,9H2,(H,17,22). The predicted molar refractivity (Wildman–Crippen MR) is 81.5 cm³/mol. The van der Waals surface area contributed by atoms with Gasteiger partial charge in [-0.05, 0) is 29.8 Å². The van der Waals surface area contributed by atoms with E-state index in [1.807, 2.05) is 0 Å². The van der Waals surface area contributed by atoms with Crippen LogP contribution in [0.4, 0.5) is 5.69 Å². The van der Waals surface area contributed by atoms with Crippen molar-refractivity contribution in [2.24, 2.45) is 0 Å². The van der Waals surface area contributed by atoms with Crippen molar-refractivity contribution in [1.82, 2.24) is 0 Å². The number of aliphatic hydroxyl groups excluding tert-OH is 1. The molecule has 0 bridgehead atoms. The Balaban J connectivity index is 2.10. The lowest BCUT2D eigenvalue weighted by molar-refractivity contribution is -0.111. The monoisotopic (exact) mass is 301 g/mol. The maximum Gasteiger partial charge on any atom is 0.248 e. The minimum Gasteiger partial charge on any atom is -0.508 e. The smallest absolute Gasteiger partial charge is 0.248 e. The molecule has 0 fully saturated rings. The molecular weight excluding hydrogens is 286 g/mol. The van der Waals surface area contributed by atoms with Gasteiger partial charge in [-0.15, -0.1) is 0 Å². The van der Waals surface area contributed by atoms with Crippen LogP contribution in [0.3, 0.4) is 0 Å². The minimum atomic E-state index is -0.553. The van der Waals surface area contributed by atoms with Crippen LogP contribution >= 0.6 is 0 Å². The third-order valence-electron chi connectivity index (χ3n) is 2.98. The van der Waals surface area contributed by atoms with Crippen molar-refractivity contribution in [3.63, 3.8) is 0 Å². The number of para-hydroxylation sites is 1. The summed E-state index contributed by atoms with van der Waals surface area (Å²) in [6.07, 6.45) is 2.65. The third kappa shape index (κ3) is 3.56. The van der Waals surface area contributed by atoms with Gasteiger partial charge < -0.3 is 25.7 Å². The first-order chi connectivity index (χ1) is 10.5. The van der Waals surface area contributed by atoms with Gasteiger partial charge in [0.15, 0.2) is 0 Å². The number of amides is 1. The Kier molecular flexibility index (Phi) is 4.65. The molecular formula is C16H15NO5. The van der Waals surface area contributed by atoms with Crippen molar-refractivity contribution in [3.05, 3.63) is 53.6 Å². The Morgan fingerprint density at radius 1 is 1.05 bits per heavy atom. The summed E-state index contributed by atoms with van der Waals surface area (Å²) >= 11 is 0. The van der Waals surface area contributed by atoms with Crippen LogP contribution in [-0.4, -0.2) is 26.3 Å². The topological polar surface area (TPSA) is 110 Å². The van der Waals surface area contributed by atoms with Gasteiger partial charge in [-0.3, -0.25) is 4.79 Å². The zero-order chi connectivity index (χ0) is 16.1. The first-order valence-electron chi connectivity index (χ1n) is 6.44. The number of carbonyl (C=O) groups excluding carboxylic acids is 1. The molecule has 114 valence electrons. The molecule has 0 aliphatic carbocycles. The number of hydrogen-bond acceptors (Lipinski definition) is 5. The number of carbonyl (C=O) groups is 1. The molecule has 0 aliphatic heterocycles. The van der Waals surface area contributed by atoms with Crippen molar-refractivity contribution in [3.8, 4) is 17.2 Å². The van der Waals surface area contributed by atoms with Crippen LogP contribution in [0.5, 0.6) is 17.2 Å². The first-order valence-corrected chi connectivity index (χ1v) is 6.44. The van der Waals surface area contributed by atoms with Crippen molar-refractivity contribution >= 4 is 17.7 Å². The van der Waals surface area contributed by atoms with Crippen LogP contribution in [-0.2, 0) is 11.4 Å². The van der Waals surface area contributed by atoms with Crippen LogP contribution in [0.1, 0.15) is 11.1 Å².